The van der Waals surface area contributed by atoms with Gasteiger partial charge in [-0.3, -0.25) is 4.79 Å². The molecule has 1 saturated heterocycles. The zero-order chi connectivity index (χ0) is 16.9. The molecule has 4 heteroatoms. The van der Waals surface area contributed by atoms with Crippen LogP contribution in [-0.2, 0) is 4.79 Å². The van der Waals surface area contributed by atoms with Crippen molar-refractivity contribution in [3.63, 3.8) is 0 Å². The number of piperidine rings is 1. The number of nitrogens with one attached hydrogen (secondary N) is 2. The normalized spacial score (nSPS) is 19.9. The molecule has 2 atom stereocenters. The Morgan fingerprint density at radius 1 is 1.39 bits per heavy atom. The summed E-state index contributed by atoms with van der Waals surface area (Å²) in [7, 11) is 0. The van der Waals surface area contributed by atoms with Crippen molar-refractivity contribution in [3.05, 3.63) is 24.3 Å². The second kappa shape index (κ2) is 7.82. The molecule has 1 aliphatic rings. The lowest BCUT2D eigenvalue weighted by molar-refractivity contribution is -0.117. The summed E-state index contributed by atoms with van der Waals surface area (Å²) in [6, 6.07) is 7.63. The number of rotatable bonds is 5. The van der Waals surface area contributed by atoms with Gasteiger partial charge in [0.1, 0.15) is 11.4 Å². The number of benzene rings is 1. The van der Waals surface area contributed by atoms with Crippen molar-refractivity contribution in [1.29, 1.82) is 0 Å². The van der Waals surface area contributed by atoms with Crippen molar-refractivity contribution in [3.8, 4) is 5.75 Å². The molecule has 23 heavy (non-hydrogen) atoms. The summed E-state index contributed by atoms with van der Waals surface area (Å²) in [5.74, 6) is 1.77. The van der Waals surface area contributed by atoms with E-state index in [9.17, 15) is 4.79 Å². The number of hydrogen-bond donors (Lipinski definition) is 2. The molecule has 2 unspecified atom stereocenters. The summed E-state index contributed by atoms with van der Waals surface area (Å²) >= 11 is 0. The van der Waals surface area contributed by atoms with Crippen LogP contribution in [0.25, 0.3) is 0 Å². The van der Waals surface area contributed by atoms with Crippen LogP contribution in [0.1, 0.15) is 47.0 Å². The second-order valence-electron chi connectivity index (χ2n) is 7.55. The van der Waals surface area contributed by atoms with Gasteiger partial charge in [-0.15, -0.1) is 0 Å². The van der Waals surface area contributed by atoms with Crippen LogP contribution in [0.15, 0.2) is 24.3 Å². The molecule has 1 amide bonds. The van der Waals surface area contributed by atoms with E-state index >= 15 is 0 Å². The molecule has 0 spiro atoms. The van der Waals surface area contributed by atoms with Gasteiger partial charge >= 0.3 is 0 Å². The molecule has 2 N–H and O–H groups in total. The smallest absolute Gasteiger partial charge is 0.224 e. The number of carbonyl (C=O) groups excluding carboxylic acids is 1. The lowest BCUT2D eigenvalue weighted by atomic mass is 9.85. The maximum absolute atomic E-state index is 12.4. The molecule has 0 saturated carbocycles. The zero-order valence-corrected chi connectivity index (χ0v) is 14.8. The van der Waals surface area contributed by atoms with Gasteiger partial charge in [0.25, 0.3) is 0 Å². The van der Waals surface area contributed by atoms with Gasteiger partial charge in [-0.2, -0.15) is 0 Å². The minimum absolute atomic E-state index is 0.0630. The lowest BCUT2D eigenvalue weighted by Crippen LogP contribution is -2.34. The Labute approximate surface area is 140 Å². The first kappa shape index (κ1) is 17.8. The largest absolute Gasteiger partial charge is 0.486 e. The van der Waals surface area contributed by atoms with Crippen molar-refractivity contribution in [2.24, 2.45) is 11.8 Å². The SMILES string of the molecule is CC(CC(=O)Nc1ccccc1OC(C)(C)C)C1CCCNC1. The van der Waals surface area contributed by atoms with Crippen LogP contribution < -0.4 is 15.4 Å². The lowest BCUT2D eigenvalue weighted by Gasteiger charge is -2.28. The first-order valence-electron chi connectivity index (χ1n) is 8.64. The van der Waals surface area contributed by atoms with E-state index in [1.54, 1.807) is 0 Å². The molecule has 0 aromatic heterocycles. The number of carbonyl (C=O) groups is 1. The van der Waals surface area contributed by atoms with Crippen LogP contribution in [0.5, 0.6) is 5.75 Å². The third kappa shape index (κ3) is 5.87. The van der Waals surface area contributed by atoms with Crippen molar-refractivity contribution < 1.29 is 9.53 Å². The molecule has 1 fully saturated rings. The third-order valence-electron chi connectivity index (χ3n) is 4.22. The minimum Gasteiger partial charge on any atom is -0.486 e. The zero-order valence-electron chi connectivity index (χ0n) is 14.8. The van der Waals surface area contributed by atoms with Gasteiger partial charge in [0, 0.05) is 6.42 Å². The van der Waals surface area contributed by atoms with E-state index in [4.69, 9.17) is 4.74 Å². The molecule has 0 bridgehead atoms. The van der Waals surface area contributed by atoms with Gasteiger partial charge < -0.3 is 15.4 Å². The molecule has 2 rings (SSSR count). The summed E-state index contributed by atoms with van der Waals surface area (Å²) in [6.07, 6.45) is 2.97. The number of amides is 1. The minimum atomic E-state index is -0.290. The Hall–Kier alpha value is -1.55. The Bertz CT molecular complexity index is 516. The van der Waals surface area contributed by atoms with E-state index in [0.29, 0.717) is 18.3 Å². The first-order chi connectivity index (χ1) is 10.8. The molecule has 4 nitrogen and oxygen atoms in total. The van der Waals surface area contributed by atoms with Gasteiger partial charge in [-0.05, 0) is 70.7 Å². The monoisotopic (exact) mass is 318 g/mol. The van der Waals surface area contributed by atoms with Crippen molar-refractivity contribution in [1.82, 2.24) is 5.32 Å². The maximum atomic E-state index is 12.4. The predicted octanol–water partition coefficient (Wildman–Crippen LogP) is 3.83. The number of hydrogen-bond acceptors (Lipinski definition) is 3. The Kier molecular flexibility index (Phi) is 6.05. The predicted molar refractivity (Wildman–Crippen MR) is 94.8 cm³/mol. The molecule has 1 aromatic rings. The van der Waals surface area contributed by atoms with E-state index in [-0.39, 0.29) is 11.5 Å². The molecule has 1 heterocycles. The van der Waals surface area contributed by atoms with Gasteiger partial charge in [0.2, 0.25) is 5.91 Å². The van der Waals surface area contributed by atoms with Crippen molar-refractivity contribution in [2.45, 2.75) is 52.6 Å². The fourth-order valence-corrected chi connectivity index (χ4v) is 3.01. The van der Waals surface area contributed by atoms with Crippen molar-refractivity contribution >= 4 is 11.6 Å². The van der Waals surface area contributed by atoms with E-state index in [0.717, 1.165) is 24.5 Å². The maximum Gasteiger partial charge on any atom is 0.224 e. The summed E-state index contributed by atoms with van der Waals surface area (Å²) in [4.78, 5) is 12.4. The van der Waals surface area contributed by atoms with Crippen molar-refractivity contribution in [2.75, 3.05) is 18.4 Å². The molecular formula is C19H30N2O2. The number of ether oxygens (including phenoxy) is 1. The van der Waals surface area contributed by atoms with E-state index in [1.165, 1.54) is 12.8 Å². The average molecular weight is 318 g/mol. The van der Waals surface area contributed by atoms with Crippen LogP contribution in [0.3, 0.4) is 0 Å². The van der Waals surface area contributed by atoms with Gasteiger partial charge in [-0.1, -0.05) is 19.1 Å². The highest BCUT2D eigenvalue weighted by Crippen LogP contribution is 2.29. The Morgan fingerprint density at radius 3 is 2.78 bits per heavy atom. The molecule has 0 radical (unpaired) electrons. The van der Waals surface area contributed by atoms with Crippen LogP contribution in [0, 0.1) is 11.8 Å². The van der Waals surface area contributed by atoms with Gasteiger partial charge in [-0.25, -0.2) is 0 Å². The van der Waals surface area contributed by atoms with Gasteiger partial charge in [0.15, 0.2) is 0 Å². The fourth-order valence-electron chi connectivity index (χ4n) is 3.01. The van der Waals surface area contributed by atoms with Crippen LogP contribution >= 0.6 is 0 Å². The third-order valence-corrected chi connectivity index (χ3v) is 4.22. The second-order valence-corrected chi connectivity index (χ2v) is 7.55. The number of para-hydroxylation sites is 2. The summed E-state index contributed by atoms with van der Waals surface area (Å²) < 4.78 is 5.93. The number of anilines is 1. The Balaban J connectivity index is 1.94. The van der Waals surface area contributed by atoms with E-state index in [2.05, 4.69) is 17.6 Å². The standard InChI is InChI=1S/C19H30N2O2/c1-14(15-8-7-11-20-13-15)12-18(22)21-16-9-5-6-10-17(16)23-19(2,3)4/h5-6,9-10,14-15,20H,7-8,11-13H2,1-4H3,(H,21,22). The topological polar surface area (TPSA) is 50.4 Å². The highest BCUT2D eigenvalue weighted by molar-refractivity contribution is 5.92. The van der Waals surface area contributed by atoms with Crippen LogP contribution in [-0.4, -0.2) is 24.6 Å². The van der Waals surface area contributed by atoms with Gasteiger partial charge in [0.05, 0.1) is 5.69 Å². The quantitative estimate of drug-likeness (QED) is 0.867. The highest BCUT2D eigenvalue weighted by Gasteiger charge is 2.22. The molecular weight excluding hydrogens is 288 g/mol. The summed E-state index contributed by atoms with van der Waals surface area (Å²) in [5, 5.41) is 6.44. The van der Waals surface area contributed by atoms with E-state index < -0.39 is 0 Å². The van der Waals surface area contributed by atoms with E-state index in [1.807, 2.05) is 45.0 Å². The molecule has 1 aliphatic heterocycles. The molecule has 128 valence electrons. The Morgan fingerprint density at radius 2 is 2.13 bits per heavy atom. The average Bonchev–Trinajstić information content (AvgIpc) is 2.48. The van der Waals surface area contributed by atoms with Crippen LogP contribution in [0.4, 0.5) is 5.69 Å². The fraction of sp³-hybridized carbons (Fsp3) is 0.632. The molecule has 0 aliphatic carbocycles. The first-order valence-corrected chi connectivity index (χ1v) is 8.64. The molecule has 1 aromatic carbocycles. The summed E-state index contributed by atoms with van der Waals surface area (Å²) in [6.45, 7) is 10.3. The highest BCUT2D eigenvalue weighted by atomic mass is 16.5. The van der Waals surface area contributed by atoms with Crippen LogP contribution in [0.2, 0.25) is 0 Å². The summed E-state index contributed by atoms with van der Waals surface area (Å²) in [5.41, 5.74) is 0.461.